The van der Waals surface area contributed by atoms with Gasteiger partial charge in [-0.15, -0.1) is 0 Å². The van der Waals surface area contributed by atoms with Gasteiger partial charge in [-0.3, -0.25) is 0 Å². The average molecular weight is 313 g/mol. The van der Waals surface area contributed by atoms with Crippen LogP contribution in [-0.2, 0) is 10.1 Å². The van der Waals surface area contributed by atoms with Crippen molar-refractivity contribution in [2.75, 3.05) is 7.11 Å². The van der Waals surface area contributed by atoms with Crippen LogP contribution in [0.25, 0.3) is 0 Å². The van der Waals surface area contributed by atoms with Crippen LogP contribution in [-0.4, -0.2) is 18.1 Å². The van der Waals surface area contributed by atoms with Crippen LogP contribution in [0.2, 0.25) is 10.0 Å². The molecule has 3 nitrogen and oxygen atoms in total. The van der Waals surface area contributed by atoms with Crippen LogP contribution >= 0.6 is 39.1 Å². The third-order valence-electron chi connectivity index (χ3n) is 1.87. The van der Waals surface area contributed by atoms with E-state index < -0.39 is 5.97 Å². The molecule has 6 heteroatoms. The van der Waals surface area contributed by atoms with E-state index in [0.717, 1.165) is 0 Å². The van der Waals surface area contributed by atoms with Crippen molar-refractivity contribution in [2.45, 2.75) is 12.3 Å². The van der Waals surface area contributed by atoms with Gasteiger partial charge in [-0.05, 0) is 12.5 Å². The van der Waals surface area contributed by atoms with E-state index in [4.69, 9.17) is 23.2 Å². The molecule has 1 rings (SSSR count). The number of esters is 1. The highest BCUT2D eigenvalue weighted by Crippen LogP contribution is 2.29. The Hall–Kier alpha value is -0.320. The number of pyridine rings is 1. The standard InChI is InChI=1S/C9H8BrCl2NO2/c1-4-6(11)5(3-10)13-8(7(4)12)9(14)15-2/h3H2,1-2H3. The molecule has 0 amide bonds. The number of halogens is 3. The van der Waals surface area contributed by atoms with Crippen LogP contribution in [0.3, 0.4) is 0 Å². The first-order valence-corrected chi connectivity index (χ1v) is 5.89. The van der Waals surface area contributed by atoms with Crippen LogP contribution in [0.4, 0.5) is 0 Å². The molecule has 0 aliphatic rings. The molecule has 0 bridgehead atoms. The van der Waals surface area contributed by atoms with E-state index in [2.05, 4.69) is 25.7 Å². The van der Waals surface area contributed by atoms with E-state index >= 15 is 0 Å². The van der Waals surface area contributed by atoms with E-state index in [9.17, 15) is 4.79 Å². The average Bonchev–Trinajstić information content (AvgIpc) is 2.25. The quantitative estimate of drug-likeness (QED) is 0.621. The summed E-state index contributed by atoms with van der Waals surface area (Å²) in [5.41, 5.74) is 1.29. The summed E-state index contributed by atoms with van der Waals surface area (Å²) in [6.07, 6.45) is 0. The molecule has 0 aromatic carbocycles. The summed E-state index contributed by atoms with van der Waals surface area (Å²) in [6.45, 7) is 1.73. The zero-order chi connectivity index (χ0) is 11.6. The SMILES string of the molecule is COC(=O)c1nc(CBr)c(Cl)c(C)c1Cl. The highest BCUT2D eigenvalue weighted by atomic mass is 79.9. The second kappa shape index (κ2) is 5.14. The van der Waals surface area contributed by atoms with Crippen molar-refractivity contribution in [3.63, 3.8) is 0 Å². The molecule has 0 spiro atoms. The van der Waals surface area contributed by atoms with Crippen LogP contribution in [0.1, 0.15) is 21.7 Å². The molecule has 0 saturated carbocycles. The van der Waals surface area contributed by atoms with E-state index in [1.54, 1.807) is 6.92 Å². The van der Waals surface area contributed by atoms with Crippen molar-refractivity contribution in [1.82, 2.24) is 4.98 Å². The lowest BCUT2D eigenvalue weighted by Gasteiger charge is -2.09. The lowest BCUT2D eigenvalue weighted by Crippen LogP contribution is -2.08. The van der Waals surface area contributed by atoms with Crippen LogP contribution in [0, 0.1) is 6.92 Å². The molecule has 0 N–H and O–H groups in total. The van der Waals surface area contributed by atoms with Gasteiger partial charge in [0.15, 0.2) is 5.69 Å². The monoisotopic (exact) mass is 311 g/mol. The first-order valence-electron chi connectivity index (χ1n) is 4.01. The number of ether oxygens (including phenoxy) is 1. The van der Waals surface area contributed by atoms with Gasteiger partial charge in [0.25, 0.3) is 0 Å². The summed E-state index contributed by atoms with van der Waals surface area (Å²) in [6, 6.07) is 0. The van der Waals surface area contributed by atoms with Gasteiger partial charge in [-0.2, -0.15) is 0 Å². The molecule has 0 atom stereocenters. The van der Waals surface area contributed by atoms with E-state index in [1.807, 2.05) is 0 Å². The topological polar surface area (TPSA) is 39.2 Å². The lowest BCUT2D eigenvalue weighted by molar-refractivity contribution is 0.0594. The second-order valence-corrected chi connectivity index (χ2v) is 4.10. The number of aromatic nitrogens is 1. The number of rotatable bonds is 2. The summed E-state index contributed by atoms with van der Waals surface area (Å²) in [4.78, 5) is 15.4. The maximum atomic E-state index is 11.3. The summed E-state index contributed by atoms with van der Waals surface area (Å²) < 4.78 is 4.57. The number of alkyl halides is 1. The van der Waals surface area contributed by atoms with Crippen molar-refractivity contribution >= 4 is 45.1 Å². The molecular weight excluding hydrogens is 305 g/mol. The predicted molar refractivity (Wildman–Crippen MR) is 63.0 cm³/mol. The van der Waals surface area contributed by atoms with Gasteiger partial charge in [0.05, 0.1) is 22.8 Å². The summed E-state index contributed by atoms with van der Waals surface area (Å²) in [5.74, 6) is -0.568. The van der Waals surface area contributed by atoms with Crippen molar-refractivity contribution in [3.8, 4) is 0 Å². The number of carbonyl (C=O) groups is 1. The minimum Gasteiger partial charge on any atom is -0.464 e. The van der Waals surface area contributed by atoms with Crippen molar-refractivity contribution in [1.29, 1.82) is 0 Å². The van der Waals surface area contributed by atoms with Gasteiger partial charge in [0.1, 0.15) is 0 Å². The molecule has 0 aliphatic heterocycles. The zero-order valence-electron chi connectivity index (χ0n) is 8.10. The van der Waals surface area contributed by atoms with Gasteiger partial charge < -0.3 is 4.74 Å². The molecule has 1 aromatic rings. The zero-order valence-corrected chi connectivity index (χ0v) is 11.2. The molecule has 82 valence electrons. The minimum absolute atomic E-state index is 0.0931. The van der Waals surface area contributed by atoms with Crippen LogP contribution in [0.5, 0.6) is 0 Å². The molecular formula is C9H8BrCl2NO2. The maximum Gasteiger partial charge on any atom is 0.358 e. The molecule has 1 aromatic heterocycles. The highest BCUT2D eigenvalue weighted by Gasteiger charge is 2.19. The predicted octanol–water partition coefficient (Wildman–Crippen LogP) is 3.38. The summed E-state index contributed by atoms with van der Waals surface area (Å²) in [5, 5.41) is 1.15. The van der Waals surface area contributed by atoms with Gasteiger partial charge in [0, 0.05) is 5.33 Å². The molecule has 0 aliphatic carbocycles. The van der Waals surface area contributed by atoms with Gasteiger partial charge in [-0.1, -0.05) is 39.1 Å². The normalized spacial score (nSPS) is 10.2. The van der Waals surface area contributed by atoms with Crippen molar-refractivity contribution < 1.29 is 9.53 Å². The van der Waals surface area contributed by atoms with Crippen molar-refractivity contribution in [3.05, 3.63) is 27.0 Å². The fourth-order valence-corrected chi connectivity index (χ4v) is 2.08. The lowest BCUT2D eigenvalue weighted by atomic mass is 10.2. The Morgan fingerprint density at radius 1 is 1.47 bits per heavy atom. The van der Waals surface area contributed by atoms with Gasteiger partial charge in [-0.25, -0.2) is 9.78 Å². The first kappa shape index (κ1) is 12.7. The third kappa shape index (κ3) is 2.44. The minimum atomic E-state index is -0.568. The van der Waals surface area contributed by atoms with Crippen molar-refractivity contribution in [2.24, 2.45) is 0 Å². The molecule has 15 heavy (non-hydrogen) atoms. The Morgan fingerprint density at radius 3 is 2.53 bits per heavy atom. The molecule has 0 saturated heterocycles. The molecule has 0 fully saturated rings. The molecule has 0 unspecified atom stereocenters. The van der Waals surface area contributed by atoms with Gasteiger partial charge >= 0.3 is 5.97 Å². The Balaban J connectivity index is 3.41. The smallest absolute Gasteiger partial charge is 0.358 e. The van der Waals surface area contributed by atoms with E-state index in [0.29, 0.717) is 21.6 Å². The fourth-order valence-electron chi connectivity index (χ4n) is 1.04. The highest BCUT2D eigenvalue weighted by molar-refractivity contribution is 9.08. The van der Waals surface area contributed by atoms with Crippen LogP contribution in [0.15, 0.2) is 0 Å². The van der Waals surface area contributed by atoms with Gasteiger partial charge in [0.2, 0.25) is 0 Å². The Morgan fingerprint density at radius 2 is 2.07 bits per heavy atom. The summed E-state index contributed by atoms with van der Waals surface area (Å²) >= 11 is 15.2. The maximum absolute atomic E-state index is 11.3. The Bertz CT molecular complexity index is 410. The number of hydrogen-bond acceptors (Lipinski definition) is 3. The largest absolute Gasteiger partial charge is 0.464 e. The number of methoxy groups -OCH3 is 1. The summed E-state index contributed by atoms with van der Waals surface area (Å²) in [7, 11) is 1.28. The number of carbonyl (C=O) groups excluding carboxylic acids is 1. The molecule has 0 radical (unpaired) electrons. The second-order valence-electron chi connectivity index (χ2n) is 2.79. The number of nitrogens with zero attached hydrogens (tertiary/aromatic N) is 1. The molecule has 1 heterocycles. The Kier molecular flexibility index (Phi) is 4.37. The Labute approximate surface area is 106 Å². The first-order chi connectivity index (χ1) is 7.02. The van der Waals surface area contributed by atoms with Crippen LogP contribution < -0.4 is 0 Å². The van der Waals surface area contributed by atoms with E-state index in [1.165, 1.54) is 7.11 Å². The van der Waals surface area contributed by atoms with E-state index in [-0.39, 0.29) is 10.7 Å². The third-order valence-corrected chi connectivity index (χ3v) is 3.37. The fraction of sp³-hybridized carbons (Fsp3) is 0.333. The number of hydrogen-bond donors (Lipinski definition) is 0.